The fourth-order valence-electron chi connectivity index (χ4n) is 2.00. The molecule has 0 N–H and O–H groups in total. The molecule has 86 valence electrons. The third-order valence-corrected chi connectivity index (χ3v) is 2.87. The van der Waals surface area contributed by atoms with Crippen molar-refractivity contribution in [2.45, 2.75) is 65.3 Å². The number of nitrogens with zero attached hydrogens (tertiary/aromatic N) is 2. The number of hydrogen-bond donors (Lipinski definition) is 0. The molecule has 0 spiro atoms. The molecule has 0 radical (unpaired) electrons. The first-order valence-corrected chi connectivity index (χ1v) is 6.28. The summed E-state index contributed by atoms with van der Waals surface area (Å²) in [7, 11) is 0. The normalized spacial score (nSPS) is 13.0. The molecule has 2 nitrogen and oxygen atoms in total. The second kappa shape index (κ2) is 6.65. The van der Waals surface area contributed by atoms with Crippen LogP contribution >= 0.6 is 0 Å². The van der Waals surface area contributed by atoms with Gasteiger partial charge in [-0.2, -0.15) is 5.10 Å². The summed E-state index contributed by atoms with van der Waals surface area (Å²) in [5, 5.41) is 4.43. The molecule has 0 aliphatic heterocycles. The molecule has 0 saturated carbocycles. The zero-order chi connectivity index (χ0) is 11.1. The summed E-state index contributed by atoms with van der Waals surface area (Å²) in [6, 6.07) is 0.621. The Hall–Kier alpha value is -0.790. The van der Waals surface area contributed by atoms with Crippen molar-refractivity contribution in [1.82, 2.24) is 9.78 Å². The molecule has 1 aromatic heterocycles. The van der Waals surface area contributed by atoms with Crippen molar-refractivity contribution >= 4 is 0 Å². The van der Waals surface area contributed by atoms with Crippen LogP contribution in [0.25, 0.3) is 0 Å². The van der Waals surface area contributed by atoms with E-state index in [9.17, 15) is 0 Å². The second-order valence-corrected chi connectivity index (χ2v) is 4.44. The lowest BCUT2D eigenvalue weighted by atomic mass is 10.0. The van der Waals surface area contributed by atoms with Crippen molar-refractivity contribution in [3.63, 3.8) is 0 Å². The minimum atomic E-state index is 0.621. The Bertz CT molecular complexity index is 265. The maximum atomic E-state index is 4.43. The van der Waals surface area contributed by atoms with Crippen LogP contribution in [-0.4, -0.2) is 9.78 Å². The van der Waals surface area contributed by atoms with Gasteiger partial charge in [-0.05, 0) is 25.3 Å². The number of hydrogen-bond acceptors (Lipinski definition) is 1. The molecular formula is C13H24N2. The number of rotatable bonds is 7. The maximum absolute atomic E-state index is 4.43. The van der Waals surface area contributed by atoms with Gasteiger partial charge in [0.25, 0.3) is 0 Å². The lowest BCUT2D eigenvalue weighted by Gasteiger charge is -2.16. The van der Waals surface area contributed by atoms with Gasteiger partial charge in [-0.15, -0.1) is 0 Å². The molecule has 1 heterocycles. The van der Waals surface area contributed by atoms with Crippen LogP contribution in [0.3, 0.4) is 0 Å². The number of unbranched alkanes of at least 4 members (excludes halogenated alkanes) is 2. The van der Waals surface area contributed by atoms with E-state index in [0.717, 1.165) is 0 Å². The van der Waals surface area contributed by atoms with E-state index in [1.165, 1.54) is 44.1 Å². The van der Waals surface area contributed by atoms with Crippen molar-refractivity contribution in [3.05, 3.63) is 18.0 Å². The Labute approximate surface area is 93.7 Å². The summed E-state index contributed by atoms with van der Waals surface area (Å²) in [6.45, 7) is 6.62. The highest BCUT2D eigenvalue weighted by Gasteiger charge is 2.09. The first kappa shape index (κ1) is 12.3. The lowest BCUT2D eigenvalue weighted by Crippen LogP contribution is -2.09. The Balaban J connectivity index is 2.49. The van der Waals surface area contributed by atoms with Crippen LogP contribution < -0.4 is 0 Å². The van der Waals surface area contributed by atoms with Crippen LogP contribution in [0.15, 0.2) is 12.4 Å². The minimum absolute atomic E-state index is 0.621. The molecule has 0 saturated heterocycles. The van der Waals surface area contributed by atoms with Crippen LogP contribution in [0.4, 0.5) is 0 Å². The van der Waals surface area contributed by atoms with Crippen LogP contribution in [0.1, 0.15) is 64.0 Å². The average Bonchev–Trinajstić information content (AvgIpc) is 2.64. The van der Waals surface area contributed by atoms with Gasteiger partial charge in [-0.25, -0.2) is 0 Å². The highest BCUT2D eigenvalue weighted by molar-refractivity contribution is 5.00. The van der Waals surface area contributed by atoms with Crippen molar-refractivity contribution in [1.29, 1.82) is 0 Å². The molecule has 1 rings (SSSR count). The summed E-state index contributed by atoms with van der Waals surface area (Å²) in [4.78, 5) is 0. The monoisotopic (exact) mass is 208 g/mol. The Morgan fingerprint density at radius 3 is 2.53 bits per heavy atom. The van der Waals surface area contributed by atoms with Crippen LogP contribution in [0.2, 0.25) is 0 Å². The Morgan fingerprint density at radius 2 is 2.00 bits per heavy atom. The largest absolute Gasteiger partial charge is 0.269 e. The smallest absolute Gasteiger partial charge is 0.0519 e. The minimum Gasteiger partial charge on any atom is -0.269 e. The highest BCUT2D eigenvalue weighted by Crippen LogP contribution is 2.20. The predicted molar refractivity (Wildman–Crippen MR) is 65.1 cm³/mol. The van der Waals surface area contributed by atoms with Crippen molar-refractivity contribution in [2.75, 3.05) is 0 Å². The van der Waals surface area contributed by atoms with E-state index >= 15 is 0 Å². The lowest BCUT2D eigenvalue weighted by molar-refractivity contribution is 0.380. The summed E-state index contributed by atoms with van der Waals surface area (Å²) in [6.07, 6.45) is 11.9. The molecule has 2 heteroatoms. The van der Waals surface area contributed by atoms with Crippen LogP contribution in [-0.2, 0) is 0 Å². The predicted octanol–water partition coefficient (Wildman–Crippen LogP) is 4.11. The van der Waals surface area contributed by atoms with Gasteiger partial charge in [0, 0.05) is 6.20 Å². The third kappa shape index (κ3) is 4.06. The fraction of sp³-hybridized carbons (Fsp3) is 0.769. The zero-order valence-corrected chi connectivity index (χ0v) is 10.4. The Morgan fingerprint density at radius 1 is 1.20 bits per heavy atom. The van der Waals surface area contributed by atoms with E-state index in [0.29, 0.717) is 6.04 Å². The summed E-state index contributed by atoms with van der Waals surface area (Å²) >= 11 is 0. The van der Waals surface area contributed by atoms with Crippen molar-refractivity contribution in [3.8, 4) is 0 Å². The average molecular weight is 208 g/mol. The SMILES string of the molecule is CCCCCC(CCC)n1cc(C)cn1. The second-order valence-electron chi connectivity index (χ2n) is 4.44. The van der Waals surface area contributed by atoms with E-state index < -0.39 is 0 Å². The third-order valence-electron chi connectivity index (χ3n) is 2.87. The highest BCUT2D eigenvalue weighted by atomic mass is 15.3. The summed E-state index contributed by atoms with van der Waals surface area (Å²) < 4.78 is 2.16. The van der Waals surface area contributed by atoms with Crippen molar-refractivity contribution < 1.29 is 0 Å². The zero-order valence-electron chi connectivity index (χ0n) is 10.4. The molecule has 0 fully saturated rings. The van der Waals surface area contributed by atoms with Gasteiger partial charge < -0.3 is 0 Å². The van der Waals surface area contributed by atoms with Crippen LogP contribution in [0.5, 0.6) is 0 Å². The van der Waals surface area contributed by atoms with Crippen LogP contribution in [0, 0.1) is 6.92 Å². The quantitative estimate of drug-likeness (QED) is 0.616. The van der Waals surface area contributed by atoms with E-state index in [1.807, 2.05) is 6.20 Å². The number of aryl methyl sites for hydroxylation is 1. The van der Waals surface area contributed by atoms with E-state index in [4.69, 9.17) is 0 Å². The number of aromatic nitrogens is 2. The van der Waals surface area contributed by atoms with E-state index in [-0.39, 0.29) is 0 Å². The topological polar surface area (TPSA) is 17.8 Å². The van der Waals surface area contributed by atoms with Gasteiger partial charge in [-0.3, -0.25) is 4.68 Å². The summed E-state index contributed by atoms with van der Waals surface area (Å²) in [5.41, 5.74) is 1.27. The molecule has 1 atom stereocenters. The maximum Gasteiger partial charge on any atom is 0.0519 e. The first-order chi connectivity index (χ1) is 7.27. The fourth-order valence-corrected chi connectivity index (χ4v) is 2.00. The molecule has 15 heavy (non-hydrogen) atoms. The molecule has 0 aliphatic carbocycles. The molecular weight excluding hydrogens is 184 g/mol. The molecule has 0 aromatic carbocycles. The first-order valence-electron chi connectivity index (χ1n) is 6.28. The van der Waals surface area contributed by atoms with Gasteiger partial charge in [0.05, 0.1) is 12.2 Å². The molecule has 0 amide bonds. The standard InChI is InChI=1S/C13H24N2/c1-4-6-7-9-13(8-5-2)15-11-12(3)10-14-15/h10-11,13H,4-9H2,1-3H3. The molecule has 1 unspecified atom stereocenters. The van der Waals surface area contributed by atoms with Gasteiger partial charge >= 0.3 is 0 Å². The molecule has 1 aromatic rings. The molecule has 0 bridgehead atoms. The van der Waals surface area contributed by atoms with Gasteiger partial charge in [0.2, 0.25) is 0 Å². The van der Waals surface area contributed by atoms with E-state index in [1.54, 1.807) is 0 Å². The van der Waals surface area contributed by atoms with Gasteiger partial charge in [-0.1, -0.05) is 39.5 Å². The van der Waals surface area contributed by atoms with Gasteiger partial charge in [0.1, 0.15) is 0 Å². The summed E-state index contributed by atoms with van der Waals surface area (Å²) in [5.74, 6) is 0. The Kier molecular flexibility index (Phi) is 5.44. The molecule has 0 aliphatic rings. The van der Waals surface area contributed by atoms with Gasteiger partial charge in [0.15, 0.2) is 0 Å². The van der Waals surface area contributed by atoms with E-state index in [2.05, 4.69) is 36.7 Å². The van der Waals surface area contributed by atoms with Crippen molar-refractivity contribution in [2.24, 2.45) is 0 Å².